The maximum absolute atomic E-state index is 12.3. The highest BCUT2D eigenvalue weighted by molar-refractivity contribution is 6.32. The molecular weight excluding hydrogens is 364 g/mol. The lowest BCUT2D eigenvalue weighted by molar-refractivity contribution is -0.157. The molecule has 0 bridgehead atoms. The molecule has 0 spiro atoms. The summed E-state index contributed by atoms with van der Waals surface area (Å²) in [6, 6.07) is 0. The van der Waals surface area contributed by atoms with Crippen molar-refractivity contribution in [1.82, 2.24) is 0 Å². The van der Waals surface area contributed by atoms with Crippen LogP contribution in [0.3, 0.4) is 0 Å². The Labute approximate surface area is 164 Å². The third-order valence-electron chi connectivity index (χ3n) is 9.20. The fourth-order valence-corrected chi connectivity index (χ4v) is 8.02. The van der Waals surface area contributed by atoms with Crippen LogP contribution in [0.4, 0.5) is 0 Å². The first-order chi connectivity index (χ1) is 12.6. The number of allylic oxidation sites excluding steroid dienone is 4. The molecule has 0 aromatic heterocycles. The number of ketones is 2. The van der Waals surface area contributed by atoms with Crippen LogP contribution in [0.5, 0.6) is 0 Å². The Morgan fingerprint density at radius 3 is 2.67 bits per heavy atom. The van der Waals surface area contributed by atoms with E-state index in [9.17, 15) is 19.8 Å². The maximum Gasteiger partial charge on any atom is 0.161 e. The predicted molar refractivity (Wildman–Crippen MR) is 101 cm³/mol. The van der Waals surface area contributed by atoms with Crippen molar-refractivity contribution in [3.8, 4) is 0 Å². The van der Waals surface area contributed by atoms with Crippen LogP contribution in [-0.2, 0) is 9.59 Å². The van der Waals surface area contributed by atoms with Crippen molar-refractivity contribution in [1.29, 1.82) is 0 Å². The Morgan fingerprint density at radius 2 is 2.00 bits per heavy atom. The maximum atomic E-state index is 12.3. The van der Waals surface area contributed by atoms with Crippen molar-refractivity contribution < 1.29 is 19.8 Å². The van der Waals surface area contributed by atoms with Crippen LogP contribution in [0.2, 0.25) is 0 Å². The van der Waals surface area contributed by atoms with E-state index in [1.54, 1.807) is 6.08 Å². The number of aliphatic hydroxyl groups excluding tert-OH is 1. The summed E-state index contributed by atoms with van der Waals surface area (Å²) in [7, 11) is 0. The largest absolute Gasteiger partial charge is 0.393 e. The molecule has 5 aliphatic carbocycles. The smallest absolute Gasteiger partial charge is 0.161 e. The lowest BCUT2D eigenvalue weighted by atomic mass is 9.47. The molecule has 5 heteroatoms. The molecule has 3 saturated carbocycles. The third-order valence-corrected chi connectivity index (χ3v) is 9.53. The van der Waals surface area contributed by atoms with Gasteiger partial charge in [-0.05, 0) is 55.6 Å². The first-order valence-corrected chi connectivity index (χ1v) is 10.5. The number of carbonyl (C=O) groups is 2. The van der Waals surface area contributed by atoms with Crippen molar-refractivity contribution in [2.45, 2.75) is 58.2 Å². The Bertz CT molecular complexity index is 830. The molecule has 0 heterocycles. The second kappa shape index (κ2) is 5.14. The summed E-state index contributed by atoms with van der Waals surface area (Å²) in [5, 5.41) is 22.8. The van der Waals surface area contributed by atoms with E-state index in [0.29, 0.717) is 17.4 Å². The predicted octanol–water partition coefficient (Wildman–Crippen LogP) is 3.01. The van der Waals surface area contributed by atoms with Crippen molar-refractivity contribution in [3.63, 3.8) is 0 Å². The molecule has 0 aliphatic heterocycles. The highest BCUT2D eigenvalue weighted by Gasteiger charge is 2.71. The zero-order chi connectivity index (χ0) is 19.5. The van der Waals surface area contributed by atoms with Crippen molar-refractivity contribution >= 4 is 23.2 Å². The fraction of sp³-hybridized carbons (Fsp3) is 0.727. The number of rotatable bonds is 1. The monoisotopic (exact) mass is 390 g/mol. The Hall–Kier alpha value is -0.970. The number of carbonyl (C=O) groups excluding carboxylic acids is 2. The molecule has 146 valence electrons. The van der Waals surface area contributed by atoms with Gasteiger partial charge >= 0.3 is 0 Å². The van der Waals surface area contributed by atoms with Crippen LogP contribution in [0.15, 0.2) is 22.8 Å². The lowest BCUT2D eigenvalue weighted by Crippen LogP contribution is -2.57. The van der Waals surface area contributed by atoms with Gasteiger partial charge in [-0.1, -0.05) is 31.5 Å². The molecule has 0 amide bonds. The molecule has 0 aromatic rings. The van der Waals surface area contributed by atoms with Crippen molar-refractivity contribution in [2.75, 3.05) is 0 Å². The summed E-state index contributed by atoms with van der Waals surface area (Å²) in [5.74, 6) is 0.477. The van der Waals surface area contributed by atoms with Gasteiger partial charge in [-0.3, -0.25) is 9.59 Å². The van der Waals surface area contributed by atoms with Gasteiger partial charge < -0.3 is 10.2 Å². The highest BCUT2D eigenvalue weighted by atomic mass is 35.5. The molecule has 0 unspecified atom stereocenters. The average molecular weight is 391 g/mol. The van der Waals surface area contributed by atoms with Gasteiger partial charge in [0, 0.05) is 34.1 Å². The molecule has 0 saturated heterocycles. The van der Waals surface area contributed by atoms with E-state index < -0.39 is 17.1 Å². The Morgan fingerprint density at radius 1 is 1.30 bits per heavy atom. The molecule has 0 radical (unpaired) electrons. The SMILES string of the molecule is CC(=O)[C@@]1(O)C[C@@H](O)[C@H]2[C@@H]3C=C(Cl)C4=CC(=O)[C@@H]5C[C@@H]5[C@]4(C)[C@H]3CC[C@@]21C. The van der Waals surface area contributed by atoms with Gasteiger partial charge in [0.15, 0.2) is 11.6 Å². The number of Topliss-reactive ketones (excluding diaryl/α,β-unsaturated/α-hetero) is 1. The molecule has 0 aromatic carbocycles. The van der Waals surface area contributed by atoms with E-state index in [4.69, 9.17) is 11.6 Å². The minimum atomic E-state index is -1.48. The number of aliphatic hydroxyl groups is 2. The quantitative estimate of drug-likeness (QED) is 0.721. The van der Waals surface area contributed by atoms with E-state index >= 15 is 0 Å². The summed E-state index contributed by atoms with van der Waals surface area (Å²) in [6.07, 6.45) is 5.62. The summed E-state index contributed by atoms with van der Waals surface area (Å²) in [5.41, 5.74) is -1.33. The summed E-state index contributed by atoms with van der Waals surface area (Å²) in [4.78, 5) is 24.6. The van der Waals surface area contributed by atoms with E-state index in [0.717, 1.165) is 18.4 Å². The lowest BCUT2D eigenvalue weighted by Gasteiger charge is -2.57. The standard InChI is InChI=1S/C22H27ClO4/c1-10(24)22(27)9-18(26)19-12-7-16(23)15-8-17(25)11-6-14(11)21(15,3)13(12)4-5-20(19,22)2/h7-8,11-14,18-19,26-27H,4-6,9H2,1-3H3/t11-,12-,13+,14+,18-,19-,20+,21+,22+/m1/s1. The van der Waals surface area contributed by atoms with Crippen LogP contribution < -0.4 is 0 Å². The summed E-state index contributed by atoms with van der Waals surface area (Å²) < 4.78 is 0. The van der Waals surface area contributed by atoms with Gasteiger partial charge in [0.1, 0.15) is 5.60 Å². The van der Waals surface area contributed by atoms with Crippen LogP contribution in [0, 0.1) is 40.4 Å². The van der Waals surface area contributed by atoms with Gasteiger partial charge in [-0.15, -0.1) is 0 Å². The molecule has 4 nitrogen and oxygen atoms in total. The minimum absolute atomic E-state index is 0.0104. The van der Waals surface area contributed by atoms with Crippen LogP contribution >= 0.6 is 11.6 Å². The summed E-state index contributed by atoms with van der Waals surface area (Å²) >= 11 is 6.70. The van der Waals surface area contributed by atoms with Crippen molar-refractivity contribution in [2.24, 2.45) is 40.4 Å². The molecular formula is C22H27ClO4. The molecule has 5 aliphatic rings. The number of fused-ring (bicyclic) bond motifs is 7. The molecule has 3 fully saturated rings. The Kier molecular flexibility index (Phi) is 3.44. The Balaban J connectivity index is 1.64. The molecule has 5 rings (SSSR count). The second-order valence-electron chi connectivity index (χ2n) is 10.1. The number of halogens is 1. The second-order valence-corrected chi connectivity index (χ2v) is 10.5. The van der Waals surface area contributed by atoms with E-state index in [1.807, 2.05) is 13.0 Å². The first kappa shape index (κ1) is 18.1. The summed E-state index contributed by atoms with van der Waals surface area (Å²) in [6.45, 7) is 5.63. The van der Waals surface area contributed by atoms with Crippen LogP contribution in [0.25, 0.3) is 0 Å². The van der Waals surface area contributed by atoms with Gasteiger partial charge in [0.05, 0.1) is 6.10 Å². The molecule has 2 N–H and O–H groups in total. The van der Waals surface area contributed by atoms with Gasteiger partial charge in [0.25, 0.3) is 0 Å². The third kappa shape index (κ3) is 1.93. The number of hydrogen-bond acceptors (Lipinski definition) is 4. The van der Waals surface area contributed by atoms with E-state index in [1.165, 1.54) is 6.92 Å². The number of hydrogen-bond donors (Lipinski definition) is 2. The minimum Gasteiger partial charge on any atom is -0.393 e. The molecule has 9 atom stereocenters. The van der Waals surface area contributed by atoms with E-state index in [-0.39, 0.29) is 47.1 Å². The van der Waals surface area contributed by atoms with Gasteiger partial charge in [0.2, 0.25) is 0 Å². The zero-order valence-corrected chi connectivity index (χ0v) is 16.8. The van der Waals surface area contributed by atoms with Gasteiger partial charge in [-0.25, -0.2) is 0 Å². The van der Waals surface area contributed by atoms with Crippen LogP contribution in [0.1, 0.15) is 46.5 Å². The zero-order valence-electron chi connectivity index (χ0n) is 16.0. The van der Waals surface area contributed by atoms with Gasteiger partial charge in [-0.2, -0.15) is 0 Å². The highest BCUT2D eigenvalue weighted by Crippen LogP contribution is 2.72. The normalized spacial score (nSPS) is 55.6. The topological polar surface area (TPSA) is 74.6 Å². The first-order valence-electron chi connectivity index (χ1n) is 10.1. The van der Waals surface area contributed by atoms with Crippen LogP contribution in [-0.4, -0.2) is 33.5 Å². The van der Waals surface area contributed by atoms with Crippen molar-refractivity contribution in [3.05, 3.63) is 22.8 Å². The fourth-order valence-electron chi connectivity index (χ4n) is 7.62. The molecule has 27 heavy (non-hydrogen) atoms. The van der Waals surface area contributed by atoms with E-state index in [2.05, 4.69) is 6.92 Å². The average Bonchev–Trinajstić information content (AvgIpc) is 3.35.